The summed E-state index contributed by atoms with van der Waals surface area (Å²) >= 11 is 11.9. The smallest absolute Gasteiger partial charge is 0.261 e. The number of hydrogen-bond donors (Lipinski definition) is 1. The van der Waals surface area contributed by atoms with Crippen LogP contribution in [0.2, 0.25) is 5.02 Å². The van der Waals surface area contributed by atoms with Gasteiger partial charge in [0.15, 0.2) is 6.10 Å². The van der Waals surface area contributed by atoms with Crippen molar-refractivity contribution in [3.63, 3.8) is 0 Å². The van der Waals surface area contributed by atoms with Crippen molar-refractivity contribution >= 4 is 29.1 Å². The molecule has 2 rings (SSSR count). The van der Waals surface area contributed by atoms with Crippen LogP contribution in [0.3, 0.4) is 0 Å². The molecule has 0 bridgehead atoms. The molecule has 0 saturated heterocycles. The van der Waals surface area contributed by atoms with Crippen molar-refractivity contribution in [2.75, 3.05) is 5.88 Å². The van der Waals surface area contributed by atoms with E-state index < -0.39 is 6.10 Å². The minimum absolute atomic E-state index is 0.100. The Labute approximate surface area is 136 Å². The SMILES string of the molecule is CC(Oc1cccc(Cl)c1)C(=O)NC1CCCCC1CCl. The summed E-state index contributed by atoms with van der Waals surface area (Å²) < 4.78 is 5.64. The van der Waals surface area contributed by atoms with Crippen molar-refractivity contribution < 1.29 is 9.53 Å². The minimum atomic E-state index is -0.554. The Morgan fingerprint density at radius 2 is 2.19 bits per heavy atom. The maximum absolute atomic E-state index is 12.2. The van der Waals surface area contributed by atoms with Gasteiger partial charge >= 0.3 is 0 Å². The molecule has 1 aromatic rings. The minimum Gasteiger partial charge on any atom is -0.481 e. The average Bonchev–Trinajstić information content (AvgIpc) is 2.47. The lowest BCUT2D eigenvalue weighted by Crippen LogP contribution is -2.47. The van der Waals surface area contributed by atoms with Crippen molar-refractivity contribution in [3.8, 4) is 5.75 Å². The zero-order valence-electron chi connectivity index (χ0n) is 12.1. The predicted octanol–water partition coefficient (Wildman–Crippen LogP) is 4.02. The normalized spacial score (nSPS) is 23.4. The van der Waals surface area contributed by atoms with Gasteiger partial charge in [-0.15, -0.1) is 11.6 Å². The predicted molar refractivity (Wildman–Crippen MR) is 86.2 cm³/mol. The van der Waals surface area contributed by atoms with Gasteiger partial charge in [0.05, 0.1) is 0 Å². The van der Waals surface area contributed by atoms with E-state index in [0.29, 0.717) is 22.6 Å². The first kappa shape index (κ1) is 16.4. The second kappa shape index (κ2) is 7.90. The van der Waals surface area contributed by atoms with Crippen molar-refractivity contribution in [2.45, 2.75) is 44.8 Å². The number of alkyl halides is 1. The lowest BCUT2D eigenvalue weighted by molar-refractivity contribution is -0.128. The Hall–Kier alpha value is -0.930. The molecule has 1 N–H and O–H groups in total. The molecule has 0 radical (unpaired) electrons. The van der Waals surface area contributed by atoms with Gasteiger partial charge in [0.25, 0.3) is 5.91 Å². The van der Waals surface area contributed by atoms with Crippen molar-refractivity contribution in [1.29, 1.82) is 0 Å². The van der Waals surface area contributed by atoms with E-state index in [1.807, 2.05) is 0 Å². The third-order valence-corrected chi connectivity index (χ3v) is 4.54. The molecule has 1 aliphatic rings. The maximum atomic E-state index is 12.2. The first-order valence-corrected chi connectivity index (χ1v) is 8.30. The Kier molecular flexibility index (Phi) is 6.19. The maximum Gasteiger partial charge on any atom is 0.261 e. The average molecular weight is 330 g/mol. The summed E-state index contributed by atoms with van der Waals surface area (Å²) in [5, 5.41) is 3.67. The van der Waals surface area contributed by atoms with Crippen LogP contribution >= 0.6 is 23.2 Å². The summed E-state index contributed by atoms with van der Waals surface area (Å²) in [7, 11) is 0. The molecule has 3 nitrogen and oxygen atoms in total. The fourth-order valence-corrected chi connectivity index (χ4v) is 3.23. The van der Waals surface area contributed by atoms with Crippen molar-refractivity contribution in [1.82, 2.24) is 5.32 Å². The molecule has 3 unspecified atom stereocenters. The molecule has 21 heavy (non-hydrogen) atoms. The molecule has 1 saturated carbocycles. The van der Waals surface area contributed by atoms with Crippen LogP contribution in [-0.4, -0.2) is 23.9 Å². The first-order valence-electron chi connectivity index (χ1n) is 7.38. The van der Waals surface area contributed by atoms with E-state index in [4.69, 9.17) is 27.9 Å². The highest BCUT2D eigenvalue weighted by molar-refractivity contribution is 6.30. The number of ether oxygens (including phenoxy) is 1. The van der Waals surface area contributed by atoms with E-state index in [0.717, 1.165) is 19.3 Å². The van der Waals surface area contributed by atoms with E-state index >= 15 is 0 Å². The zero-order valence-corrected chi connectivity index (χ0v) is 13.7. The van der Waals surface area contributed by atoms with Crippen molar-refractivity contribution in [3.05, 3.63) is 29.3 Å². The zero-order chi connectivity index (χ0) is 15.2. The molecule has 5 heteroatoms. The number of amides is 1. The Balaban J connectivity index is 1.90. The number of halogens is 2. The summed E-state index contributed by atoms with van der Waals surface area (Å²) in [5.74, 6) is 1.46. The number of carbonyl (C=O) groups excluding carboxylic acids is 1. The quantitative estimate of drug-likeness (QED) is 0.828. The van der Waals surface area contributed by atoms with E-state index in [-0.39, 0.29) is 11.9 Å². The molecular formula is C16H21Cl2NO2. The molecular weight excluding hydrogens is 309 g/mol. The Morgan fingerprint density at radius 3 is 2.90 bits per heavy atom. The molecule has 1 amide bonds. The fraction of sp³-hybridized carbons (Fsp3) is 0.562. The summed E-state index contributed by atoms with van der Waals surface area (Å²) in [5.41, 5.74) is 0. The second-order valence-corrected chi connectivity index (χ2v) is 6.28. The number of benzene rings is 1. The highest BCUT2D eigenvalue weighted by atomic mass is 35.5. The standard InChI is InChI=1S/C16H21Cl2NO2/c1-11(21-14-7-4-6-13(18)9-14)16(20)19-15-8-3-2-5-12(15)10-17/h4,6-7,9,11-12,15H,2-3,5,8,10H2,1H3,(H,19,20). The Bertz CT molecular complexity index is 481. The number of hydrogen-bond acceptors (Lipinski definition) is 2. The van der Waals surface area contributed by atoms with Gasteiger partial charge in [-0.1, -0.05) is 30.5 Å². The van der Waals surface area contributed by atoms with Crippen LogP contribution < -0.4 is 10.1 Å². The number of nitrogens with one attached hydrogen (secondary N) is 1. The summed E-state index contributed by atoms with van der Waals surface area (Å²) in [6, 6.07) is 7.22. The summed E-state index contributed by atoms with van der Waals surface area (Å²) in [4.78, 5) is 12.2. The van der Waals surface area contributed by atoms with E-state index in [9.17, 15) is 4.79 Å². The van der Waals surface area contributed by atoms with Gasteiger partial charge in [-0.2, -0.15) is 0 Å². The van der Waals surface area contributed by atoms with Gasteiger partial charge in [-0.05, 0) is 43.9 Å². The monoisotopic (exact) mass is 329 g/mol. The van der Waals surface area contributed by atoms with Gasteiger partial charge in [0, 0.05) is 16.9 Å². The van der Waals surface area contributed by atoms with Crippen LogP contribution in [0.5, 0.6) is 5.75 Å². The fourth-order valence-electron chi connectivity index (χ4n) is 2.68. The molecule has 0 aromatic heterocycles. The molecule has 116 valence electrons. The van der Waals surface area contributed by atoms with Crippen LogP contribution in [0.4, 0.5) is 0 Å². The van der Waals surface area contributed by atoms with Crippen molar-refractivity contribution in [2.24, 2.45) is 5.92 Å². The van der Waals surface area contributed by atoms with Crippen LogP contribution in [0, 0.1) is 5.92 Å². The lowest BCUT2D eigenvalue weighted by atomic mass is 9.85. The van der Waals surface area contributed by atoms with Crippen LogP contribution in [0.15, 0.2) is 24.3 Å². The second-order valence-electron chi connectivity index (χ2n) is 5.53. The largest absolute Gasteiger partial charge is 0.481 e. The summed E-state index contributed by atoms with van der Waals surface area (Å²) in [6.45, 7) is 1.74. The van der Waals surface area contributed by atoms with E-state index in [1.165, 1.54) is 6.42 Å². The van der Waals surface area contributed by atoms with Gasteiger partial charge in [-0.3, -0.25) is 4.79 Å². The molecule has 0 aliphatic heterocycles. The Morgan fingerprint density at radius 1 is 1.43 bits per heavy atom. The molecule has 0 heterocycles. The molecule has 0 spiro atoms. The number of carbonyl (C=O) groups is 1. The first-order chi connectivity index (χ1) is 10.1. The lowest BCUT2D eigenvalue weighted by Gasteiger charge is -2.31. The van der Waals surface area contributed by atoms with Crippen LogP contribution in [-0.2, 0) is 4.79 Å². The van der Waals surface area contributed by atoms with Gasteiger partial charge in [0.1, 0.15) is 5.75 Å². The van der Waals surface area contributed by atoms with Gasteiger partial charge in [0.2, 0.25) is 0 Å². The molecule has 1 fully saturated rings. The topological polar surface area (TPSA) is 38.3 Å². The molecule has 1 aromatic carbocycles. The molecule has 3 atom stereocenters. The van der Waals surface area contributed by atoms with E-state index in [2.05, 4.69) is 5.32 Å². The molecule has 1 aliphatic carbocycles. The van der Waals surface area contributed by atoms with Gasteiger partial charge < -0.3 is 10.1 Å². The van der Waals surface area contributed by atoms with Gasteiger partial charge in [-0.25, -0.2) is 0 Å². The third-order valence-electron chi connectivity index (χ3n) is 3.91. The summed E-state index contributed by atoms with van der Waals surface area (Å²) in [6.07, 6.45) is 3.85. The third kappa shape index (κ3) is 4.79. The van der Waals surface area contributed by atoms with Crippen LogP contribution in [0.1, 0.15) is 32.6 Å². The number of rotatable bonds is 5. The van der Waals surface area contributed by atoms with E-state index in [1.54, 1.807) is 31.2 Å². The highest BCUT2D eigenvalue weighted by Crippen LogP contribution is 2.25. The van der Waals surface area contributed by atoms with Crippen LogP contribution in [0.25, 0.3) is 0 Å². The highest BCUT2D eigenvalue weighted by Gasteiger charge is 2.27.